The summed E-state index contributed by atoms with van der Waals surface area (Å²) in [6, 6.07) is 4.69. The van der Waals surface area contributed by atoms with Crippen molar-refractivity contribution in [3.05, 3.63) is 39.4 Å². The summed E-state index contributed by atoms with van der Waals surface area (Å²) in [7, 11) is 0. The van der Waals surface area contributed by atoms with Crippen LogP contribution in [0.3, 0.4) is 0 Å². The molecule has 5 nitrogen and oxygen atoms in total. The topological polar surface area (TPSA) is 78.4 Å². The van der Waals surface area contributed by atoms with E-state index in [1.807, 2.05) is 0 Å². The number of amides is 1. The van der Waals surface area contributed by atoms with Gasteiger partial charge in [0.1, 0.15) is 0 Å². The normalized spacial score (nSPS) is 13.7. The van der Waals surface area contributed by atoms with Gasteiger partial charge in [-0.2, -0.15) is 0 Å². The highest BCUT2D eigenvalue weighted by Gasteiger charge is 2.17. The van der Waals surface area contributed by atoms with Crippen molar-refractivity contribution < 1.29 is 14.7 Å². The lowest BCUT2D eigenvalue weighted by atomic mass is 10.0. The second-order valence-electron chi connectivity index (χ2n) is 4.29. The van der Waals surface area contributed by atoms with E-state index in [4.69, 9.17) is 5.11 Å². The summed E-state index contributed by atoms with van der Waals surface area (Å²) in [4.78, 5) is 23.0. The lowest BCUT2D eigenvalue weighted by molar-refractivity contribution is -0.112. The molecule has 0 radical (unpaired) electrons. The Bertz CT molecular complexity index is 575. The molecule has 1 aliphatic rings. The Hall–Kier alpha value is -1.66. The van der Waals surface area contributed by atoms with E-state index in [1.165, 1.54) is 6.07 Å². The molecule has 1 aromatic carbocycles. The minimum absolute atomic E-state index is 0.119. The van der Waals surface area contributed by atoms with E-state index in [-0.39, 0.29) is 11.5 Å². The average molecular weight is 325 g/mol. The molecule has 1 amide bonds. The third-order valence-corrected chi connectivity index (χ3v) is 3.69. The number of carboxylic acids is 1. The van der Waals surface area contributed by atoms with E-state index >= 15 is 0 Å². The zero-order valence-corrected chi connectivity index (χ0v) is 11.9. The molecule has 0 atom stereocenters. The van der Waals surface area contributed by atoms with Crippen LogP contribution in [0.25, 0.3) is 0 Å². The molecule has 0 unspecified atom stereocenters. The van der Waals surface area contributed by atoms with E-state index < -0.39 is 5.97 Å². The molecular formula is C13H13BrN2O3. The van der Waals surface area contributed by atoms with Crippen molar-refractivity contribution in [3.63, 3.8) is 0 Å². The van der Waals surface area contributed by atoms with Crippen molar-refractivity contribution in [1.82, 2.24) is 5.32 Å². The van der Waals surface area contributed by atoms with Gasteiger partial charge in [0, 0.05) is 28.8 Å². The highest BCUT2D eigenvalue weighted by Crippen LogP contribution is 2.22. The number of carbonyl (C=O) groups is 2. The molecule has 1 saturated heterocycles. The minimum Gasteiger partial charge on any atom is -0.478 e. The van der Waals surface area contributed by atoms with Crippen molar-refractivity contribution in [2.24, 2.45) is 0 Å². The van der Waals surface area contributed by atoms with Crippen molar-refractivity contribution >= 4 is 33.5 Å². The molecule has 1 aliphatic heterocycles. The highest BCUT2D eigenvalue weighted by molar-refractivity contribution is 9.10. The number of benzene rings is 1. The van der Waals surface area contributed by atoms with Gasteiger partial charge in [-0.1, -0.05) is 0 Å². The van der Waals surface area contributed by atoms with Gasteiger partial charge in [0.15, 0.2) is 0 Å². The Kier molecular flexibility index (Phi) is 4.01. The van der Waals surface area contributed by atoms with Crippen molar-refractivity contribution in [2.75, 3.05) is 18.4 Å². The van der Waals surface area contributed by atoms with Crippen LogP contribution in [0.2, 0.25) is 0 Å². The number of carboxylic acid groups (broad SMARTS) is 1. The summed E-state index contributed by atoms with van der Waals surface area (Å²) >= 11 is 3.16. The fraction of sp³-hybridized carbons (Fsp3) is 0.231. The van der Waals surface area contributed by atoms with E-state index in [1.54, 1.807) is 19.1 Å². The predicted octanol–water partition coefficient (Wildman–Crippen LogP) is 2.01. The second-order valence-corrected chi connectivity index (χ2v) is 5.14. The largest absolute Gasteiger partial charge is 0.478 e. The molecule has 0 bridgehead atoms. The molecule has 100 valence electrons. The molecular weight excluding hydrogens is 312 g/mol. The maximum atomic E-state index is 12.0. The van der Waals surface area contributed by atoms with Gasteiger partial charge < -0.3 is 15.7 Å². The maximum Gasteiger partial charge on any atom is 0.336 e. The third kappa shape index (κ3) is 3.02. The van der Waals surface area contributed by atoms with Crippen molar-refractivity contribution in [2.45, 2.75) is 6.92 Å². The summed E-state index contributed by atoms with van der Waals surface area (Å²) in [5, 5.41) is 14.8. The van der Waals surface area contributed by atoms with Crippen LogP contribution in [-0.2, 0) is 4.79 Å². The standard InChI is InChI=1S/C13H13BrN2O3/c1-7(8-5-15-6-8)12(17)16-9-2-3-11(14)10(4-9)13(18)19/h2-4,15H,5-6H2,1H3,(H,16,17)(H,18,19). The number of hydrogen-bond acceptors (Lipinski definition) is 3. The average Bonchev–Trinajstić information content (AvgIpc) is 2.28. The lowest BCUT2D eigenvalue weighted by Gasteiger charge is -2.21. The number of carbonyl (C=O) groups excluding carboxylic acids is 1. The van der Waals surface area contributed by atoms with E-state index in [0.717, 1.165) is 18.7 Å². The van der Waals surface area contributed by atoms with Crippen LogP contribution in [0, 0.1) is 0 Å². The van der Waals surface area contributed by atoms with E-state index in [0.29, 0.717) is 15.7 Å². The molecule has 1 aromatic rings. The zero-order valence-electron chi connectivity index (χ0n) is 10.3. The fourth-order valence-electron chi connectivity index (χ4n) is 1.67. The smallest absolute Gasteiger partial charge is 0.336 e. The summed E-state index contributed by atoms with van der Waals surface area (Å²) in [5.74, 6) is -1.24. The number of halogens is 1. The lowest BCUT2D eigenvalue weighted by Crippen LogP contribution is -2.36. The molecule has 6 heteroatoms. The Morgan fingerprint density at radius 3 is 2.58 bits per heavy atom. The third-order valence-electron chi connectivity index (χ3n) is 3.00. The van der Waals surface area contributed by atoms with Crippen LogP contribution in [0.15, 0.2) is 33.8 Å². The Morgan fingerprint density at radius 2 is 2.05 bits per heavy atom. The molecule has 0 aliphatic carbocycles. The maximum absolute atomic E-state index is 12.0. The van der Waals surface area contributed by atoms with Gasteiger partial charge in [0.2, 0.25) is 0 Å². The van der Waals surface area contributed by atoms with Gasteiger partial charge in [-0.15, -0.1) is 0 Å². The Morgan fingerprint density at radius 1 is 1.37 bits per heavy atom. The van der Waals surface area contributed by atoms with Gasteiger partial charge in [-0.25, -0.2) is 4.79 Å². The highest BCUT2D eigenvalue weighted by atomic mass is 79.9. The van der Waals surface area contributed by atoms with Crippen LogP contribution < -0.4 is 10.6 Å². The molecule has 1 fully saturated rings. The van der Waals surface area contributed by atoms with E-state index in [9.17, 15) is 9.59 Å². The zero-order chi connectivity index (χ0) is 14.0. The molecule has 0 saturated carbocycles. The number of nitrogens with one attached hydrogen (secondary N) is 2. The Balaban J connectivity index is 2.17. The van der Waals surface area contributed by atoms with Gasteiger partial charge in [-0.3, -0.25) is 4.79 Å². The first-order chi connectivity index (χ1) is 8.99. The summed E-state index contributed by atoms with van der Waals surface area (Å²) in [5.41, 5.74) is 2.35. The summed E-state index contributed by atoms with van der Waals surface area (Å²) in [6.07, 6.45) is 0. The monoisotopic (exact) mass is 324 g/mol. The number of rotatable bonds is 3. The molecule has 19 heavy (non-hydrogen) atoms. The van der Waals surface area contributed by atoms with Crippen LogP contribution in [0.1, 0.15) is 17.3 Å². The van der Waals surface area contributed by atoms with Gasteiger partial charge in [0.25, 0.3) is 5.91 Å². The SMILES string of the molecule is CC(C(=O)Nc1ccc(Br)c(C(=O)O)c1)=C1CNC1. The van der Waals surface area contributed by atoms with Crippen LogP contribution in [0.5, 0.6) is 0 Å². The number of anilines is 1. The quantitative estimate of drug-likeness (QED) is 0.743. The van der Waals surface area contributed by atoms with Crippen molar-refractivity contribution in [3.8, 4) is 0 Å². The number of aromatic carboxylic acids is 1. The van der Waals surface area contributed by atoms with Crippen LogP contribution in [-0.4, -0.2) is 30.1 Å². The summed E-state index contributed by atoms with van der Waals surface area (Å²) < 4.78 is 0.483. The van der Waals surface area contributed by atoms with Crippen LogP contribution >= 0.6 is 15.9 Å². The molecule has 3 N–H and O–H groups in total. The van der Waals surface area contributed by atoms with Crippen LogP contribution in [0.4, 0.5) is 5.69 Å². The first-order valence-electron chi connectivity index (χ1n) is 5.72. The first kappa shape index (κ1) is 13.8. The Labute approximate surface area is 118 Å². The molecule has 1 heterocycles. The second kappa shape index (κ2) is 5.54. The molecule has 0 spiro atoms. The van der Waals surface area contributed by atoms with Gasteiger partial charge in [-0.05, 0) is 46.6 Å². The number of hydrogen-bond donors (Lipinski definition) is 3. The summed E-state index contributed by atoms with van der Waals surface area (Å²) in [6.45, 7) is 3.24. The van der Waals surface area contributed by atoms with Crippen molar-refractivity contribution in [1.29, 1.82) is 0 Å². The van der Waals surface area contributed by atoms with E-state index in [2.05, 4.69) is 26.6 Å². The van der Waals surface area contributed by atoms with Gasteiger partial charge >= 0.3 is 5.97 Å². The molecule has 2 rings (SSSR count). The van der Waals surface area contributed by atoms with Gasteiger partial charge in [0.05, 0.1) is 5.56 Å². The fourth-order valence-corrected chi connectivity index (χ4v) is 2.08. The predicted molar refractivity (Wildman–Crippen MR) is 75.3 cm³/mol. The minimum atomic E-state index is -1.04. The first-order valence-corrected chi connectivity index (χ1v) is 6.52. The molecule has 0 aromatic heterocycles.